The Kier molecular flexibility index (Phi) is 6.69. The highest BCUT2D eigenvalue weighted by atomic mass is 16.5. The van der Waals surface area contributed by atoms with Crippen molar-refractivity contribution in [3.63, 3.8) is 0 Å². The van der Waals surface area contributed by atoms with E-state index in [1.54, 1.807) is 21.3 Å². The molecule has 1 aliphatic heterocycles. The van der Waals surface area contributed by atoms with Crippen LogP contribution in [0.2, 0.25) is 0 Å². The second-order valence-electron chi connectivity index (χ2n) is 5.78. The summed E-state index contributed by atoms with van der Waals surface area (Å²) in [5, 5.41) is 2.88. The lowest BCUT2D eigenvalue weighted by molar-refractivity contribution is 0.108. The summed E-state index contributed by atoms with van der Waals surface area (Å²) in [5.41, 5.74) is 1.10. The number of nitrogens with zero attached hydrogens (tertiary/aromatic N) is 2. The predicted molar refractivity (Wildman–Crippen MR) is 91.8 cm³/mol. The van der Waals surface area contributed by atoms with Crippen LogP contribution in [-0.2, 0) is 4.74 Å². The molecule has 1 fully saturated rings. The van der Waals surface area contributed by atoms with Crippen molar-refractivity contribution in [2.45, 2.75) is 6.04 Å². The van der Waals surface area contributed by atoms with Crippen molar-refractivity contribution in [2.75, 3.05) is 61.2 Å². The van der Waals surface area contributed by atoms with Gasteiger partial charge in [-0.1, -0.05) is 6.07 Å². The number of piperazine rings is 1. The standard InChI is InChI=1S/C17H27N3O4/c1-19-8-9-20(17(21)18-7-10-22-2)12-14(19)13-5-6-15(23-3)16(11-13)24-4/h5-6,11,14H,7-10,12H2,1-4H3,(H,18,21). The van der Waals surface area contributed by atoms with Gasteiger partial charge < -0.3 is 24.4 Å². The lowest BCUT2D eigenvalue weighted by atomic mass is 10.0. The number of nitrogens with one attached hydrogen (secondary N) is 1. The molecule has 0 saturated carbocycles. The van der Waals surface area contributed by atoms with Crippen molar-refractivity contribution in [3.05, 3.63) is 23.8 Å². The van der Waals surface area contributed by atoms with Crippen molar-refractivity contribution < 1.29 is 19.0 Å². The van der Waals surface area contributed by atoms with E-state index in [2.05, 4.69) is 17.3 Å². The second kappa shape index (κ2) is 8.75. The molecule has 0 radical (unpaired) electrons. The first-order valence-electron chi connectivity index (χ1n) is 8.04. The average Bonchev–Trinajstić information content (AvgIpc) is 2.61. The molecule has 7 heteroatoms. The SMILES string of the molecule is COCCNC(=O)N1CCN(C)C(c2ccc(OC)c(OC)c2)C1. The number of amides is 2. The molecule has 134 valence electrons. The maximum atomic E-state index is 12.3. The molecule has 1 saturated heterocycles. The van der Waals surface area contributed by atoms with Crippen molar-refractivity contribution in [1.82, 2.24) is 15.1 Å². The molecular formula is C17H27N3O4. The normalized spacial score (nSPS) is 18.3. The van der Waals surface area contributed by atoms with E-state index in [1.807, 2.05) is 23.1 Å². The zero-order chi connectivity index (χ0) is 17.5. The monoisotopic (exact) mass is 337 g/mol. The smallest absolute Gasteiger partial charge is 0.317 e. The third-order valence-electron chi connectivity index (χ3n) is 4.31. The quantitative estimate of drug-likeness (QED) is 0.794. The molecule has 1 unspecified atom stereocenters. The van der Waals surface area contributed by atoms with Crippen molar-refractivity contribution in [1.29, 1.82) is 0 Å². The van der Waals surface area contributed by atoms with Crippen molar-refractivity contribution in [3.8, 4) is 11.5 Å². The van der Waals surface area contributed by atoms with Crippen LogP contribution in [0.3, 0.4) is 0 Å². The Hall–Kier alpha value is -1.99. The molecule has 1 aromatic rings. The lowest BCUT2D eigenvalue weighted by Crippen LogP contribution is -2.52. The summed E-state index contributed by atoms with van der Waals surface area (Å²) in [6, 6.07) is 5.97. The highest BCUT2D eigenvalue weighted by molar-refractivity contribution is 5.74. The predicted octanol–water partition coefficient (Wildman–Crippen LogP) is 1.35. The van der Waals surface area contributed by atoms with Crippen LogP contribution in [0.4, 0.5) is 4.79 Å². The van der Waals surface area contributed by atoms with Gasteiger partial charge in [-0.25, -0.2) is 4.79 Å². The number of carbonyl (C=O) groups is 1. The average molecular weight is 337 g/mol. The Morgan fingerprint density at radius 2 is 1.96 bits per heavy atom. The number of carbonyl (C=O) groups excluding carboxylic acids is 1. The number of hydrogen-bond acceptors (Lipinski definition) is 5. The van der Waals surface area contributed by atoms with E-state index < -0.39 is 0 Å². The Morgan fingerprint density at radius 3 is 2.62 bits per heavy atom. The molecule has 1 aliphatic rings. The van der Waals surface area contributed by atoms with Crippen molar-refractivity contribution >= 4 is 6.03 Å². The Balaban J connectivity index is 2.09. The van der Waals surface area contributed by atoms with Crippen LogP contribution in [0, 0.1) is 0 Å². The lowest BCUT2D eigenvalue weighted by Gasteiger charge is -2.39. The molecule has 2 rings (SSSR count). The van der Waals surface area contributed by atoms with Crippen LogP contribution in [-0.4, -0.2) is 77.0 Å². The van der Waals surface area contributed by atoms with E-state index in [4.69, 9.17) is 14.2 Å². The Morgan fingerprint density at radius 1 is 1.21 bits per heavy atom. The first-order chi connectivity index (χ1) is 11.6. The van der Waals surface area contributed by atoms with Crippen molar-refractivity contribution in [2.24, 2.45) is 0 Å². The summed E-state index contributed by atoms with van der Waals surface area (Å²) in [6.45, 7) is 3.18. The minimum absolute atomic E-state index is 0.0503. The number of hydrogen-bond donors (Lipinski definition) is 1. The summed E-state index contributed by atoms with van der Waals surface area (Å²) in [6.07, 6.45) is 0. The molecule has 2 amide bonds. The largest absolute Gasteiger partial charge is 0.493 e. The molecular weight excluding hydrogens is 310 g/mol. The van der Waals surface area contributed by atoms with Crippen LogP contribution >= 0.6 is 0 Å². The third kappa shape index (κ3) is 4.30. The van der Waals surface area contributed by atoms with E-state index >= 15 is 0 Å². The molecule has 24 heavy (non-hydrogen) atoms. The number of likely N-dealkylation sites (N-methyl/N-ethyl adjacent to an activating group) is 1. The summed E-state index contributed by atoms with van der Waals surface area (Å²) >= 11 is 0. The molecule has 1 heterocycles. The van der Waals surface area contributed by atoms with E-state index in [0.29, 0.717) is 37.7 Å². The fourth-order valence-corrected chi connectivity index (χ4v) is 2.85. The van der Waals surface area contributed by atoms with Crippen LogP contribution < -0.4 is 14.8 Å². The molecule has 1 aromatic carbocycles. The summed E-state index contributed by atoms with van der Waals surface area (Å²) in [7, 11) is 6.94. The first-order valence-corrected chi connectivity index (χ1v) is 8.04. The minimum atomic E-state index is -0.0503. The van der Waals surface area contributed by atoms with Gasteiger partial charge in [0.05, 0.1) is 26.9 Å². The summed E-state index contributed by atoms with van der Waals surface area (Å²) in [4.78, 5) is 16.4. The van der Waals surface area contributed by atoms with Gasteiger partial charge in [0.25, 0.3) is 0 Å². The molecule has 1 N–H and O–H groups in total. The fourth-order valence-electron chi connectivity index (χ4n) is 2.85. The van der Waals surface area contributed by atoms with E-state index in [1.165, 1.54) is 0 Å². The number of methoxy groups -OCH3 is 3. The number of rotatable bonds is 6. The molecule has 1 atom stereocenters. The minimum Gasteiger partial charge on any atom is -0.493 e. The van der Waals surface area contributed by atoms with Gasteiger partial charge in [-0.05, 0) is 24.7 Å². The van der Waals surface area contributed by atoms with E-state index in [-0.39, 0.29) is 12.1 Å². The zero-order valence-corrected chi connectivity index (χ0v) is 14.9. The first kappa shape index (κ1) is 18.4. The summed E-state index contributed by atoms with van der Waals surface area (Å²) < 4.78 is 15.7. The summed E-state index contributed by atoms with van der Waals surface area (Å²) in [5.74, 6) is 1.40. The van der Waals surface area contributed by atoms with Gasteiger partial charge in [0.1, 0.15) is 0 Å². The van der Waals surface area contributed by atoms with Gasteiger partial charge in [-0.15, -0.1) is 0 Å². The second-order valence-corrected chi connectivity index (χ2v) is 5.78. The van der Waals surface area contributed by atoms with E-state index in [0.717, 1.165) is 12.1 Å². The van der Waals surface area contributed by atoms with Gasteiger partial charge in [-0.3, -0.25) is 4.90 Å². The third-order valence-corrected chi connectivity index (χ3v) is 4.31. The molecule has 0 bridgehead atoms. The van der Waals surface area contributed by atoms with Crippen LogP contribution in [0.5, 0.6) is 11.5 Å². The molecule has 7 nitrogen and oxygen atoms in total. The van der Waals surface area contributed by atoms with E-state index in [9.17, 15) is 4.79 Å². The highest BCUT2D eigenvalue weighted by Gasteiger charge is 2.28. The molecule has 0 aromatic heterocycles. The highest BCUT2D eigenvalue weighted by Crippen LogP contribution is 2.32. The number of urea groups is 1. The Labute approximate surface area is 143 Å². The maximum absolute atomic E-state index is 12.3. The van der Waals surface area contributed by atoms with Gasteiger partial charge in [0.2, 0.25) is 0 Å². The van der Waals surface area contributed by atoms with Gasteiger partial charge in [0.15, 0.2) is 11.5 Å². The maximum Gasteiger partial charge on any atom is 0.317 e. The molecule has 0 spiro atoms. The Bertz CT molecular complexity index is 553. The van der Waals surface area contributed by atoms with Crippen LogP contribution in [0.15, 0.2) is 18.2 Å². The zero-order valence-electron chi connectivity index (χ0n) is 14.9. The van der Waals surface area contributed by atoms with Gasteiger partial charge >= 0.3 is 6.03 Å². The molecule has 0 aliphatic carbocycles. The van der Waals surface area contributed by atoms with Crippen LogP contribution in [0.1, 0.15) is 11.6 Å². The number of benzene rings is 1. The van der Waals surface area contributed by atoms with Crippen LogP contribution in [0.25, 0.3) is 0 Å². The topological polar surface area (TPSA) is 63.3 Å². The van der Waals surface area contributed by atoms with Gasteiger partial charge in [0, 0.05) is 33.3 Å². The fraction of sp³-hybridized carbons (Fsp3) is 0.588. The number of ether oxygens (including phenoxy) is 3. The van der Waals surface area contributed by atoms with Gasteiger partial charge in [-0.2, -0.15) is 0 Å².